The second-order valence-corrected chi connectivity index (χ2v) is 10.5. The van der Waals surface area contributed by atoms with Gasteiger partial charge in [-0.25, -0.2) is 4.79 Å². The molecule has 1 aromatic carbocycles. The van der Waals surface area contributed by atoms with Gasteiger partial charge in [-0.1, -0.05) is 50.8 Å². The molecule has 42 heavy (non-hydrogen) atoms. The normalized spacial score (nSPS) is 27.5. The number of nitrogens with zero attached hydrogens (tertiary/aromatic N) is 1. The average Bonchev–Trinajstić information content (AvgIpc) is 2.94. The molecule has 1 aromatic rings. The number of carbonyl (C=O) groups excluding carboxylic acids is 2. The number of phenolic OH excluding ortho intramolecular Hbond substituents is 2. The van der Waals surface area contributed by atoms with Crippen LogP contribution in [0.2, 0.25) is 0 Å². The van der Waals surface area contributed by atoms with Crippen LogP contribution in [0.15, 0.2) is 59.2 Å². The van der Waals surface area contributed by atoms with Crippen molar-refractivity contribution in [2.24, 2.45) is 22.6 Å². The van der Waals surface area contributed by atoms with Gasteiger partial charge in [0, 0.05) is 43.6 Å². The van der Waals surface area contributed by atoms with E-state index in [0.29, 0.717) is 17.6 Å². The van der Waals surface area contributed by atoms with Gasteiger partial charge in [-0.05, 0) is 38.2 Å². The number of methoxy groups -OCH3 is 2. The Balaban J connectivity index is 2.69. The number of aliphatic hydroxyl groups is 1. The molecule has 11 heteroatoms. The van der Waals surface area contributed by atoms with Crippen LogP contribution in [0.25, 0.3) is 0 Å². The number of rotatable bonds is 5. The number of allylic oxidation sites excluding steroid dienone is 3. The first-order valence-corrected chi connectivity index (χ1v) is 13.6. The number of benzene rings is 1. The first-order valence-electron chi connectivity index (χ1n) is 13.6. The zero-order valence-corrected chi connectivity index (χ0v) is 25.0. The predicted octanol–water partition coefficient (Wildman–Crippen LogP) is 4.45. The first kappa shape index (κ1) is 34.3. The zero-order valence-electron chi connectivity index (χ0n) is 25.0. The lowest BCUT2D eigenvalue weighted by molar-refractivity contribution is -0.112. The maximum atomic E-state index is 13.0. The summed E-state index contributed by atoms with van der Waals surface area (Å²) in [4.78, 5) is 29.0. The molecule has 3 unspecified atom stereocenters. The Labute approximate surface area is 247 Å². The van der Waals surface area contributed by atoms with Crippen molar-refractivity contribution in [3.63, 3.8) is 0 Å². The molecule has 1 aliphatic heterocycles. The summed E-state index contributed by atoms with van der Waals surface area (Å²) in [5, 5.41) is 35.9. The number of aliphatic hydroxyl groups excluding tert-OH is 1. The Bertz CT molecular complexity index is 1250. The highest BCUT2D eigenvalue weighted by molar-refractivity contribution is 6.04. The van der Waals surface area contributed by atoms with Crippen molar-refractivity contribution >= 4 is 29.6 Å². The van der Waals surface area contributed by atoms with Gasteiger partial charge in [0.05, 0.1) is 17.9 Å². The van der Waals surface area contributed by atoms with Crippen LogP contribution in [-0.2, 0) is 25.4 Å². The molecule has 0 aromatic heterocycles. The number of amides is 2. The van der Waals surface area contributed by atoms with E-state index >= 15 is 0 Å². The first-order chi connectivity index (χ1) is 19.8. The molecule has 2 bridgehead atoms. The largest absolute Gasteiger partial charge is 0.506 e. The fourth-order valence-corrected chi connectivity index (χ4v) is 4.87. The summed E-state index contributed by atoms with van der Waals surface area (Å²) in [6, 6.07) is 1.23. The van der Waals surface area contributed by atoms with Gasteiger partial charge in [0.1, 0.15) is 23.3 Å². The molecule has 11 nitrogen and oxygen atoms in total. The lowest BCUT2D eigenvalue weighted by Gasteiger charge is -2.29. The van der Waals surface area contributed by atoms with E-state index in [2.05, 4.69) is 16.9 Å². The molecule has 0 saturated carbocycles. The molecule has 1 aliphatic rings. The fourth-order valence-electron chi connectivity index (χ4n) is 4.87. The molecule has 6 atom stereocenters. The molecule has 2 amide bonds. The quantitative estimate of drug-likeness (QED) is 0.146. The maximum Gasteiger partial charge on any atom is 0.405 e. The van der Waals surface area contributed by atoms with Crippen LogP contribution in [0, 0.1) is 11.8 Å². The van der Waals surface area contributed by atoms with E-state index in [0.717, 1.165) is 0 Å². The predicted molar refractivity (Wildman–Crippen MR) is 162 cm³/mol. The van der Waals surface area contributed by atoms with Crippen LogP contribution in [-0.4, -0.2) is 72.2 Å². The highest BCUT2D eigenvalue weighted by atomic mass is 16.6. The number of phenols is 2. The van der Waals surface area contributed by atoms with Gasteiger partial charge in [0.15, 0.2) is 6.10 Å². The Morgan fingerprint density at radius 1 is 1.21 bits per heavy atom. The Morgan fingerprint density at radius 3 is 2.50 bits per heavy atom. The molecule has 0 fully saturated rings. The van der Waals surface area contributed by atoms with Gasteiger partial charge in [0.25, 0.3) is 5.91 Å². The number of primary amides is 1. The van der Waals surface area contributed by atoms with Crippen molar-refractivity contribution in [1.82, 2.24) is 0 Å². The molecule has 2 rings (SSSR count). The number of aromatic hydroxyl groups is 2. The van der Waals surface area contributed by atoms with E-state index < -0.39 is 42.3 Å². The lowest BCUT2D eigenvalue weighted by atomic mass is 9.87. The number of carbonyl (C=O) groups is 2. The highest BCUT2D eigenvalue weighted by Gasteiger charge is 2.30. The van der Waals surface area contributed by atoms with Gasteiger partial charge in [-0.2, -0.15) is 0 Å². The van der Waals surface area contributed by atoms with Gasteiger partial charge in [-0.3, -0.25) is 9.79 Å². The summed E-state index contributed by atoms with van der Waals surface area (Å²) >= 11 is 0. The molecular formula is C31H43N3O8. The van der Waals surface area contributed by atoms with Gasteiger partial charge in [0.2, 0.25) is 0 Å². The lowest BCUT2D eigenvalue weighted by Crippen LogP contribution is -2.37. The number of fused-ring (bicyclic) bond motifs is 2. The number of ether oxygens (including phenoxy) is 3. The van der Waals surface area contributed by atoms with E-state index in [9.17, 15) is 24.9 Å². The van der Waals surface area contributed by atoms with Gasteiger partial charge >= 0.3 is 6.09 Å². The molecule has 0 radical (unpaired) electrons. The SMILES string of the molecule is C=CC=Nc1c(O)cc2c(O)c1C[C@@H](C)CC(OC)[C@H](O)[C@@H](C)C=C(C)C(OC(N)=O)C(OC)C=C/C=C(\C)C(=O)N2. The van der Waals surface area contributed by atoms with Gasteiger partial charge < -0.3 is 40.6 Å². The summed E-state index contributed by atoms with van der Waals surface area (Å²) in [5.41, 5.74) is 6.69. The topological polar surface area (TPSA) is 173 Å². The van der Waals surface area contributed by atoms with Crippen molar-refractivity contribution in [2.45, 2.75) is 65.0 Å². The van der Waals surface area contributed by atoms with Crippen molar-refractivity contribution in [3.05, 3.63) is 59.7 Å². The zero-order chi connectivity index (χ0) is 31.6. The maximum absolute atomic E-state index is 13.0. The third-order valence-electron chi connectivity index (χ3n) is 7.11. The van der Waals surface area contributed by atoms with Crippen molar-refractivity contribution < 1.29 is 39.1 Å². The summed E-state index contributed by atoms with van der Waals surface area (Å²) in [6.07, 6.45) is 5.69. The van der Waals surface area contributed by atoms with Crippen LogP contribution in [0.5, 0.6) is 11.5 Å². The smallest absolute Gasteiger partial charge is 0.405 e. The summed E-state index contributed by atoms with van der Waals surface area (Å²) in [7, 11) is 2.94. The number of aliphatic imine (C=N–C) groups is 1. The monoisotopic (exact) mass is 585 g/mol. The van der Waals surface area contributed by atoms with Crippen molar-refractivity contribution in [3.8, 4) is 11.5 Å². The minimum absolute atomic E-state index is 0.00774. The Morgan fingerprint density at radius 2 is 1.90 bits per heavy atom. The number of anilines is 1. The molecule has 0 aliphatic carbocycles. The third kappa shape index (κ3) is 9.04. The Kier molecular flexibility index (Phi) is 13.0. The van der Waals surface area contributed by atoms with Crippen molar-refractivity contribution in [2.75, 3.05) is 19.5 Å². The van der Waals surface area contributed by atoms with E-state index in [-0.39, 0.29) is 40.8 Å². The van der Waals surface area contributed by atoms with E-state index in [1.54, 1.807) is 32.1 Å². The number of hydrogen-bond acceptors (Lipinski definition) is 9. The van der Waals surface area contributed by atoms with Crippen molar-refractivity contribution in [1.29, 1.82) is 0 Å². The number of hydrogen-bond donors (Lipinski definition) is 5. The van der Waals surface area contributed by atoms with Crippen LogP contribution >= 0.6 is 0 Å². The summed E-state index contributed by atoms with van der Waals surface area (Å²) < 4.78 is 16.6. The minimum atomic E-state index is -0.994. The van der Waals surface area contributed by atoms with E-state index in [1.807, 2.05) is 13.8 Å². The third-order valence-corrected chi connectivity index (χ3v) is 7.11. The molecule has 0 saturated heterocycles. The van der Waals surface area contributed by atoms with Crippen LogP contribution in [0.3, 0.4) is 0 Å². The van der Waals surface area contributed by atoms with Crippen LogP contribution in [0.1, 0.15) is 39.7 Å². The standard InChI is InChI=1S/C31H43N3O8/c1-8-12-33-26-21-13-17(2)14-25(41-7)27(36)19(4)15-20(5)29(42-31(32)39)24(40-6)11-9-10-18(3)30(38)34-22(28(21)37)16-23(26)35/h8-12,15-17,19,24-25,27,29,35-37H,1,13-14H2,2-7H3,(H2,32,39)(H,34,38)/b11-9?,18-10+,20-15?,33-12?/t17-,19+,24?,25?,27-,29?/m1/s1. The molecule has 0 spiro atoms. The highest BCUT2D eigenvalue weighted by Crippen LogP contribution is 2.44. The second kappa shape index (κ2) is 15.9. The minimum Gasteiger partial charge on any atom is -0.506 e. The molecule has 230 valence electrons. The summed E-state index contributed by atoms with van der Waals surface area (Å²) in [5.74, 6) is -1.61. The number of nitrogens with one attached hydrogen (secondary N) is 1. The van der Waals surface area contributed by atoms with Gasteiger partial charge in [-0.15, -0.1) is 0 Å². The van der Waals surface area contributed by atoms with Crippen LogP contribution in [0.4, 0.5) is 16.2 Å². The van der Waals surface area contributed by atoms with E-state index in [1.165, 1.54) is 38.7 Å². The molecular weight excluding hydrogens is 542 g/mol. The fraction of sp³-hybridized carbons (Fsp3) is 0.452. The summed E-state index contributed by atoms with van der Waals surface area (Å²) in [6.45, 7) is 10.6. The Hall–Kier alpha value is -3.93. The number of nitrogens with two attached hydrogens (primary N) is 1. The van der Waals surface area contributed by atoms with E-state index in [4.69, 9.17) is 19.9 Å². The van der Waals surface area contributed by atoms with Crippen LogP contribution < -0.4 is 11.1 Å². The average molecular weight is 586 g/mol. The molecule has 6 N–H and O–H groups in total. The molecule has 1 heterocycles. The second-order valence-electron chi connectivity index (χ2n) is 10.5.